The van der Waals surface area contributed by atoms with Gasteiger partial charge in [0, 0.05) is 24.3 Å². The van der Waals surface area contributed by atoms with Gasteiger partial charge < -0.3 is 25.8 Å². The molecule has 1 aromatic rings. The van der Waals surface area contributed by atoms with Gasteiger partial charge >= 0.3 is 12.1 Å². The van der Waals surface area contributed by atoms with Crippen molar-refractivity contribution in [3.05, 3.63) is 23.9 Å². The van der Waals surface area contributed by atoms with Crippen LogP contribution in [-0.4, -0.2) is 74.1 Å². The van der Waals surface area contributed by atoms with Crippen molar-refractivity contribution in [2.45, 2.75) is 88.1 Å². The van der Waals surface area contributed by atoms with Crippen LogP contribution >= 0.6 is 0 Å². The molecule has 1 aromatic heterocycles. The quantitative estimate of drug-likeness (QED) is 0.508. The number of hydrogen-bond donors (Lipinski definition) is 3. The van der Waals surface area contributed by atoms with Gasteiger partial charge in [-0.2, -0.15) is 0 Å². The molecule has 1 spiro atoms. The molecule has 11 nitrogen and oxygen atoms in total. The second-order valence-corrected chi connectivity index (χ2v) is 11.3. The van der Waals surface area contributed by atoms with E-state index in [0.29, 0.717) is 6.42 Å². The standard InChI is InChI=1S/C25H31N5O6/c26-20(31)18-2-1-5-27-21(18)36-17-11-25(12-17)9-16(10-25)30-22(32)19(28-23(30)33)8-13-6-14-3-4-15(7-13)29(14)24(34)35/h1-2,5,13-17,19H,3-4,6-12H2,(H2,26,31)(H,28,33)(H,34,35). The Morgan fingerprint density at radius 3 is 2.47 bits per heavy atom. The molecule has 5 amide bonds. The molecule has 3 unspecified atom stereocenters. The number of nitrogens with zero attached hydrogens (tertiary/aromatic N) is 3. The van der Waals surface area contributed by atoms with Crippen LogP contribution in [-0.2, 0) is 4.79 Å². The monoisotopic (exact) mass is 497 g/mol. The lowest BCUT2D eigenvalue weighted by molar-refractivity contribution is -0.141. The summed E-state index contributed by atoms with van der Waals surface area (Å²) in [4.78, 5) is 56.1. The van der Waals surface area contributed by atoms with Crippen molar-refractivity contribution in [2.75, 3.05) is 0 Å². The van der Waals surface area contributed by atoms with Crippen molar-refractivity contribution in [1.82, 2.24) is 20.1 Å². The molecule has 4 heterocycles. The molecular formula is C25H31N5O6. The summed E-state index contributed by atoms with van der Waals surface area (Å²) in [6, 6.07) is 2.34. The maximum absolute atomic E-state index is 13.2. The number of aromatic nitrogens is 1. The normalized spacial score (nSPS) is 36.9. The molecule has 0 aromatic carbocycles. The third-order valence-electron chi connectivity index (χ3n) is 9.01. The van der Waals surface area contributed by atoms with Gasteiger partial charge in [-0.05, 0) is 81.3 Å². The Morgan fingerprint density at radius 2 is 1.83 bits per heavy atom. The van der Waals surface area contributed by atoms with E-state index in [2.05, 4.69) is 10.3 Å². The number of urea groups is 1. The zero-order valence-corrected chi connectivity index (χ0v) is 20.0. The van der Waals surface area contributed by atoms with Crippen LogP contribution in [0.15, 0.2) is 18.3 Å². The molecule has 6 rings (SSSR count). The molecule has 3 saturated heterocycles. The topological polar surface area (TPSA) is 155 Å². The number of hydrogen-bond acceptors (Lipinski definition) is 6. The SMILES string of the molecule is NC(=O)c1cccnc1OC1CC2(C1)CC(N1C(=O)NC(CC3CC4CCC(C3)N4C(=O)O)C1=O)C2. The molecule has 2 aliphatic carbocycles. The predicted molar refractivity (Wildman–Crippen MR) is 125 cm³/mol. The molecule has 192 valence electrons. The van der Waals surface area contributed by atoms with Crippen molar-refractivity contribution in [2.24, 2.45) is 17.1 Å². The van der Waals surface area contributed by atoms with Crippen molar-refractivity contribution in [3.63, 3.8) is 0 Å². The molecule has 2 bridgehead atoms. The summed E-state index contributed by atoms with van der Waals surface area (Å²) >= 11 is 0. The van der Waals surface area contributed by atoms with Gasteiger partial charge in [-0.1, -0.05) is 0 Å². The highest BCUT2D eigenvalue weighted by Gasteiger charge is 2.59. The van der Waals surface area contributed by atoms with E-state index in [1.807, 2.05) is 0 Å². The minimum atomic E-state index is -0.853. The number of carbonyl (C=O) groups is 4. The molecule has 36 heavy (non-hydrogen) atoms. The Balaban J connectivity index is 1.01. The minimum absolute atomic E-state index is 0.0277. The third kappa shape index (κ3) is 3.75. The van der Waals surface area contributed by atoms with Gasteiger partial charge in [-0.3, -0.25) is 14.5 Å². The number of amides is 5. The van der Waals surface area contributed by atoms with E-state index < -0.39 is 18.0 Å². The number of ether oxygens (including phenoxy) is 1. The zero-order chi connectivity index (χ0) is 25.2. The lowest BCUT2D eigenvalue weighted by atomic mass is 9.52. The fourth-order valence-corrected chi connectivity index (χ4v) is 7.46. The van der Waals surface area contributed by atoms with Crippen molar-refractivity contribution in [3.8, 4) is 5.88 Å². The van der Waals surface area contributed by atoms with E-state index in [1.165, 1.54) is 4.90 Å². The van der Waals surface area contributed by atoms with Crippen LogP contribution in [0.4, 0.5) is 9.59 Å². The van der Waals surface area contributed by atoms with Crippen molar-refractivity contribution in [1.29, 1.82) is 0 Å². The van der Waals surface area contributed by atoms with E-state index in [-0.39, 0.29) is 58.9 Å². The van der Waals surface area contributed by atoms with E-state index in [1.54, 1.807) is 23.2 Å². The Morgan fingerprint density at radius 1 is 1.14 bits per heavy atom. The number of carboxylic acid groups (broad SMARTS) is 1. The number of piperidine rings is 1. The summed E-state index contributed by atoms with van der Waals surface area (Å²) in [7, 11) is 0. The number of fused-ring (bicyclic) bond motifs is 2. The first kappa shape index (κ1) is 23.1. The predicted octanol–water partition coefficient (Wildman–Crippen LogP) is 2.10. The molecule has 2 saturated carbocycles. The van der Waals surface area contributed by atoms with Gasteiger partial charge in [-0.25, -0.2) is 14.6 Å². The molecular weight excluding hydrogens is 466 g/mol. The highest BCUT2D eigenvalue weighted by Crippen LogP contribution is 2.58. The average Bonchev–Trinajstić information content (AvgIpc) is 3.21. The lowest BCUT2D eigenvalue weighted by Gasteiger charge is -2.58. The van der Waals surface area contributed by atoms with Crippen molar-refractivity contribution < 1.29 is 29.0 Å². The number of carbonyl (C=O) groups excluding carboxylic acids is 3. The number of nitrogens with one attached hydrogen (secondary N) is 1. The van der Waals surface area contributed by atoms with Crippen LogP contribution in [0.5, 0.6) is 5.88 Å². The Bertz CT molecular complexity index is 1100. The van der Waals surface area contributed by atoms with Crippen LogP contribution in [0.1, 0.15) is 68.1 Å². The summed E-state index contributed by atoms with van der Waals surface area (Å²) < 4.78 is 5.91. The molecule has 5 aliphatic rings. The Labute approximate surface area is 208 Å². The van der Waals surface area contributed by atoms with Crippen LogP contribution < -0.4 is 15.8 Å². The van der Waals surface area contributed by atoms with Gasteiger partial charge in [0.2, 0.25) is 5.88 Å². The molecule has 4 N–H and O–H groups in total. The van der Waals surface area contributed by atoms with E-state index in [9.17, 15) is 24.3 Å². The largest absolute Gasteiger partial charge is 0.474 e. The summed E-state index contributed by atoms with van der Waals surface area (Å²) in [6.45, 7) is 0. The lowest BCUT2D eigenvalue weighted by Crippen LogP contribution is -2.60. The molecule has 5 fully saturated rings. The first-order valence-corrected chi connectivity index (χ1v) is 12.8. The highest BCUT2D eigenvalue weighted by atomic mass is 16.5. The molecule has 3 atom stereocenters. The number of primary amides is 1. The van der Waals surface area contributed by atoms with Crippen LogP contribution in [0.2, 0.25) is 0 Å². The first-order chi connectivity index (χ1) is 17.2. The van der Waals surface area contributed by atoms with Gasteiger partial charge in [0.1, 0.15) is 17.7 Å². The number of pyridine rings is 1. The third-order valence-corrected chi connectivity index (χ3v) is 9.01. The molecule has 0 radical (unpaired) electrons. The maximum Gasteiger partial charge on any atom is 0.407 e. The Kier molecular flexibility index (Phi) is 5.34. The second-order valence-electron chi connectivity index (χ2n) is 11.3. The van der Waals surface area contributed by atoms with Gasteiger partial charge in [0.05, 0.1) is 0 Å². The maximum atomic E-state index is 13.2. The first-order valence-electron chi connectivity index (χ1n) is 12.8. The van der Waals surface area contributed by atoms with E-state index in [4.69, 9.17) is 10.5 Å². The van der Waals surface area contributed by atoms with Gasteiger partial charge in [0.25, 0.3) is 11.8 Å². The van der Waals surface area contributed by atoms with Crippen LogP contribution in [0.25, 0.3) is 0 Å². The molecule has 11 heteroatoms. The highest BCUT2D eigenvalue weighted by molar-refractivity contribution is 6.04. The summed E-state index contributed by atoms with van der Waals surface area (Å²) in [6.07, 6.45) is 7.56. The zero-order valence-electron chi connectivity index (χ0n) is 20.0. The van der Waals surface area contributed by atoms with Gasteiger partial charge in [-0.15, -0.1) is 0 Å². The number of imide groups is 1. The Hall–Kier alpha value is -3.37. The summed E-state index contributed by atoms with van der Waals surface area (Å²) in [5.74, 6) is -0.245. The summed E-state index contributed by atoms with van der Waals surface area (Å²) in [5, 5.41) is 12.4. The van der Waals surface area contributed by atoms with Crippen LogP contribution in [0.3, 0.4) is 0 Å². The number of nitrogens with two attached hydrogens (primary N) is 1. The fraction of sp³-hybridized carbons (Fsp3) is 0.640. The molecule has 3 aliphatic heterocycles. The summed E-state index contributed by atoms with van der Waals surface area (Å²) in [5.41, 5.74) is 5.71. The fourth-order valence-electron chi connectivity index (χ4n) is 7.46. The average molecular weight is 498 g/mol. The second kappa shape index (κ2) is 8.35. The minimum Gasteiger partial charge on any atom is -0.474 e. The smallest absolute Gasteiger partial charge is 0.407 e. The van der Waals surface area contributed by atoms with Gasteiger partial charge in [0.15, 0.2) is 0 Å². The van der Waals surface area contributed by atoms with Crippen molar-refractivity contribution >= 4 is 23.9 Å². The van der Waals surface area contributed by atoms with E-state index >= 15 is 0 Å². The number of rotatable bonds is 6. The van der Waals surface area contributed by atoms with E-state index in [0.717, 1.165) is 51.4 Å². The van der Waals surface area contributed by atoms with Crippen LogP contribution in [0, 0.1) is 11.3 Å².